The smallest absolute Gasteiger partial charge is 0.246 e. The first kappa shape index (κ1) is 16.9. The van der Waals surface area contributed by atoms with E-state index >= 15 is 0 Å². The van der Waals surface area contributed by atoms with Gasteiger partial charge in [0.1, 0.15) is 5.01 Å². The van der Waals surface area contributed by atoms with E-state index in [2.05, 4.69) is 41.5 Å². The summed E-state index contributed by atoms with van der Waals surface area (Å²) in [6, 6.07) is 10.1. The van der Waals surface area contributed by atoms with Crippen LogP contribution >= 0.6 is 23.7 Å². The number of amides is 1. The molecule has 1 aliphatic carbocycles. The molecule has 0 spiro atoms. The van der Waals surface area contributed by atoms with E-state index in [0.717, 1.165) is 23.4 Å². The van der Waals surface area contributed by atoms with Crippen molar-refractivity contribution in [3.8, 4) is 0 Å². The number of nitrogens with two attached hydrogens (primary N) is 1. The van der Waals surface area contributed by atoms with Crippen molar-refractivity contribution in [2.24, 2.45) is 5.73 Å². The Labute approximate surface area is 139 Å². The predicted octanol–water partition coefficient (Wildman–Crippen LogP) is 2.72. The van der Waals surface area contributed by atoms with Gasteiger partial charge in [0.05, 0.1) is 5.54 Å². The van der Waals surface area contributed by atoms with E-state index in [1.807, 2.05) is 18.2 Å². The van der Waals surface area contributed by atoms with Gasteiger partial charge >= 0.3 is 0 Å². The van der Waals surface area contributed by atoms with Crippen LogP contribution in [0.1, 0.15) is 37.3 Å². The van der Waals surface area contributed by atoms with Crippen LogP contribution in [0.15, 0.2) is 30.3 Å². The first-order valence-corrected chi connectivity index (χ1v) is 7.73. The van der Waals surface area contributed by atoms with Gasteiger partial charge in [-0.05, 0) is 32.3 Å². The maximum atomic E-state index is 11.9. The van der Waals surface area contributed by atoms with Crippen molar-refractivity contribution < 1.29 is 4.79 Å². The Balaban J connectivity index is 0.00000176. The summed E-state index contributed by atoms with van der Waals surface area (Å²) in [4.78, 5) is 11.9. The summed E-state index contributed by atoms with van der Waals surface area (Å²) in [5, 5.41) is 12.4. The van der Waals surface area contributed by atoms with Gasteiger partial charge in [-0.3, -0.25) is 10.1 Å². The SMILES string of the molecule is CC(C)(c1ccccc1)c1nnc(NC(=O)C2(N)CC2)s1.Cl. The number of aromatic nitrogens is 2. The lowest BCUT2D eigenvalue weighted by Gasteiger charge is -2.21. The third-order valence-electron chi connectivity index (χ3n) is 3.92. The van der Waals surface area contributed by atoms with Crippen LogP contribution in [0.5, 0.6) is 0 Å². The normalized spacial score (nSPS) is 15.8. The predicted molar refractivity (Wildman–Crippen MR) is 90.5 cm³/mol. The van der Waals surface area contributed by atoms with E-state index in [1.165, 1.54) is 11.3 Å². The number of hydrogen-bond acceptors (Lipinski definition) is 5. The number of nitrogens with zero attached hydrogens (tertiary/aromatic N) is 2. The van der Waals surface area contributed by atoms with Crippen LogP contribution in [0.3, 0.4) is 0 Å². The first-order valence-electron chi connectivity index (χ1n) is 6.92. The minimum Gasteiger partial charge on any atom is -0.317 e. The molecule has 7 heteroatoms. The molecule has 2 aromatic rings. The number of anilines is 1. The highest BCUT2D eigenvalue weighted by molar-refractivity contribution is 7.15. The quantitative estimate of drug-likeness (QED) is 0.898. The molecule has 3 N–H and O–H groups in total. The number of halogens is 1. The zero-order chi connectivity index (χ0) is 15.1. The van der Waals surface area contributed by atoms with Crippen molar-refractivity contribution >= 4 is 34.8 Å². The zero-order valence-corrected chi connectivity index (χ0v) is 14.1. The van der Waals surface area contributed by atoms with Gasteiger partial charge in [0, 0.05) is 5.41 Å². The average Bonchev–Trinajstić information content (AvgIpc) is 3.05. The van der Waals surface area contributed by atoms with Crippen LogP contribution in [-0.4, -0.2) is 21.6 Å². The van der Waals surface area contributed by atoms with E-state index in [4.69, 9.17) is 5.73 Å². The van der Waals surface area contributed by atoms with Crippen molar-refractivity contribution in [2.75, 3.05) is 5.32 Å². The molecule has 0 radical (unpaired) electrons. The van der Waals surface area contributed by atoms with Gasteiger partial charge in [-0.15, -0.1) is 22.6 Å². The minimum absolute atomic E-state index is 0. The molecule has 1 aromatic carbocycles. The maximum Gasteiger partial charge on any atom is 0.246 e. The lowest BCUT2D eigenvalue weighted by Crippen LogP contribution is -2.37. The molecule has 1 fully saturated rings. The van der Waals surface area contributed by atoms with E-state index in [9.17, 15) is 4.79 Å². The Morgan fingerprint density at radius 1 is 1.27 bits per heavy atom. The van der Waals surface area contributed by atoms with E-state index < -0.39 is 5.54 Å². The van der Waals surface area contributed by atoms with Gasteiger partial charge in [0.2, 0.25) is 11.0 Å². The summed E-state index contributed by atoms with van der Waals surface area (Å²) in [7, 11) is 0. The number of hydrogen-bond donors (Lipinski definition) is 2. The van der Waals surface area contributed by atoms with Gasteiger partial charge in [-0.1, -0.05) is 41.7 Å². The number of carbonyl (C=O) groups excluding carboxylic acids is 1. The molecule has 0 unspecified atom stereocenters. The molecule has 118 valence electrons. The summed E-state index contributed by atoms with van der Waals surface area (Å²) >= 11 is 1.40. The fourth-order valence-corrected chi connectivity index (χ4v) is 2.95. The minimum atomic E-state index is -0.694. The molecule has 0 saturated heterocycles. The molecule has 0 atom stereocenters. The summed E-state index contributed by atoms with van der Waals surface area (Å²) in [6.07, 6.45) is 1.47. The number of nitrogens with one attached hydrogen (secondary N) is 1. The van der Waals surface area contributed by atoms with Crippen LogP contribution in [0.25, 0.3) is 0 Å². The van der Waals surface area contributed by atoms with Crippen molar-refractivity contribution in [3.63, 3.8) is 0 Å². The molecule has 1 heterocycles. The standard InChI is InChI=1S/C15H18N4OS.ClH/c1-14(2,10-6-4-3-5-7-10)12-18-19-13(21-12)17-11(20)15(16)8-9-15;/h3-7H,8-9,16H2,1-2H3,(H,17,19,20);1H. The molecule has 22 heavy (non-hydrogen) atoms. The van der Waals surface area contributed by atoms with Crippen molar-refractivity contribution in [3.05, 3.63) is 40.9 Å². The molecular weight excluding hydrogens is 320 g/mol. The largest absolute Gasteiger partial charge is 0.317 e. The Kier molecular flexibility index (Phi) is 4.56. The number of carbonyl (C=O) groups is 1. The topological polar surface area (TPSA) is 80.9 Å². The van der Waals surface area contributed by atoms with Crippen molar-refractivity contribution in [1.82, 2.24) is 10.2 Å². The molecule has 1 amide bonds. The van der Waals surface area contributed by atoms with E-state index in [-0.39, 0.29) is 23.7 Å². The van der Waals surface area contributed by atoms with Gasteiger partial charge in [-0.25, -0.2) is 0 Å². The maximum absolute atomic E-state index is 11.9. The Bertz CT molecular complexity index is 667. The summed E-state index contributed by atoms with van der Waals surface area (Å²) in [5.41, 5.74) is 6.09. The van der Waals surface area contributed by atoms with Gasteiger partial charge < -0.3 is 5.73 Å². The Hall–Kier alpha value is -1.50. The summed E-state index contributed by atoms with van der Waals surface area (Å²) in [6.45, 7) is 4.19. The second-order valence-corrected chi connectivity index (χ2v) is 6.99. The fourth-order valence-electron chi connectivity index (χ4n) is 2.09. The molecule has 1 aliphatic rings. The van der Waals surface area contributed by atoms with Crippen LogP contribution in [0.4, 0.5) is 5.13 Å². The summed E-state index contributed by atoms with van der Waals surface area (Å²) < 4.78 is 0. The molecule has 5 nitrogen and oxygen atoms in total. The number of benzene rings is 1. The average molecular weight is 339 g/mol. The Morgan fingerprint density at radius 2 is 1.91 bits per heavy atom. The highest BCUT2D eigenvalue weighted by Gasteiger charge is 2.46. The van der Waals surface area contributed by atoms with Crippen molar-refractivity contribution in [2.45, 2.75) is 37.6 Å². The van der Waals surface area contributed by atoms with Gasteiger partial charge in [0.15, 0.2) is 0 Å². The first-order chi connectivity index (χ1) is 9.92. The van der Waals surface area contributed by atoms with Crippen LogP contribution in [-0.2, 0) is 10.2 Å². The monoisotopic (exact) mass is 338 g/mol. The second-order valence-electron chi connectivity index (χ2n) is 6.01. The number of rotatable bonds is 4. The fraction of sp³-hybridized carbons (Fsp3) is 0.400. The van der Waals surface area contributed by atoms with E-state index in [0.29, 0.717) is 5.13 Å². The second kappa shape index (κ2) is 5.95. The molecule has 3 rings (SSSR count). The third-order valence-corrected chi connectivity index (χ3v) is 5.08. The van der Waals surface area contributed by atoms with E-state index in [1.54, 1.807) is 0 Å². The molecule has 1 aromatic heterocycles. The molecule has 1 saturated carbocycles. The lowest BCUT2D eigenvalue weighted by molar-refractivity contribution is -0.118. The molecular formula is C15H19ClN4OS. The Morgan fingerprint density at radius 3 is 2.50 bits per heavy atom. The van der Waals surface area contributed by atoms with Crippen LogP contribution in [0, 0.1) is 0 Å². The van der Waals surface area contributed by atoms with Crippen LogP contribution < -0.4 is 11.1 Å². The lowest BCUT2D eigenvalue weighted by atomic mass is 9.85. The highest BCUT2D eigenvalue weighted by Crippen LogP contribution is 2.36. The van der Waals surface area contributed by atoms with Crippen molar-refractivity contribution in [1.29, 1.82) is 0 Å². The molecule has 0 bridgehead atoms. The van der Waals surface area contributed by atoms with Gasteiger partial charge in [0.25, 0.3) is 0 Å². The zero-order valence-electron chi connectivity index (χ0n) is 12.5. The summed E-state index contributed by atoms with van der Waals surface area (Å²) in [5.74, 6) is -0.164. The van der Waals surface area contributed by atoms with Gasteiger partial charge in [-0.2, -0.15) is 0 Å². The third kappa shape index (κ3) is 3.14. The molecule has 0 aliphatic heterocycles. The van der Waals surface area contributed by atoms with Crippen LogP contribution in [0.2, 0.25) is 0 Å². The highest BCUT2D eigenvalue weighted by atomic mass is 35.5.